The second-order valence-electron chi connectivity index (χ2n) is 8.79. The molecule has 4 heteroatoms. The van der Waals surface area contributed by atoms with Crippen molar-refractivity contribution in [1.29, 1.82) is 0 Å². The van der Waals surface area contributed by atoms with E-state index in [-0.39, 0.29) is 23.3 Å². The highest BCUT2D eigenvalue weighted by atomic mass is 79.9. The predicted molar refractivity (Wildman–Crippen MR) is 149 cm³/mol. The Bertz CT molecular complexity index is 802. The summed E-state index contributed by atoms with van der Waals surface area (Å²) in [6.07, 6.45) is 9.77. The fourth-order valence-electron chi connectivity index (χ4n) is 4.84. The largest absolute Gasteiger partial charge is 1.00 e. The van der Waals surface area contributed by atoms with Crippen molar-refractivity contribution >= 4 is 23.2 Å². The summed E-state index contributed by atoms with van der Waals surface area (Å²) in [5, 5.41) is 4.47. The Morgan fingerprint density at radius 2 is 0.914 bits per heavy atom. The van der Waals surface area contributed by atoms with Crippen molar-refractivity contribution in [3.63, 3.8) is 0 Å². The van der Waals surface area contributed by atoms with Gasteiger partial charge in [0.1, 0.15) is 23.2 Å². The number of unbranched alkanes of at least 4 members (excludes halogenated alkanes) is 5. The Balaban J connectivity index is 0.00000432. The Labute approximate surface area is 224 Å². The van der Waals surface area contributed by atoms with E-state index >= 15 is 0 Å². The Morgan fingerprint density at radius 3 is 1.31 bits per heavy atom. The van der Waals surface area contributed by atoms with Crippen molar-refractivity contribution in [3.05, 3.63) is 91.0 Å². The maximum Gasteiger partial charge on any atom is 0.157 e. The van der Waals surface area contributed by atoms with Gasteiger partial charge >= 0.3 is 0 Å². The van der Waals surface area contributed by atoms with E-state index in [0.717, 1.165) is 19.6 Å². The van der Waals surface area contributed by atoms with Crippen molar-refractivity contribution < 1.29 is 26.5 Å². The lowest BCUT2D eigenvalue weighted by molar-refractivity contribution is -0.140. The van der Waals surface area contributed by atoms with Gasteiger partial charge in [-0.1, -0.05) is 73.9 Å². The van der Waals surface area contributed by atoms with Gasteiger partial charge in [0, 0.05) is 13.2 Å². The average molecular weight is 558 g/mol. The molecule has 3 aromatic carbocycles. The van der Waals surface area contributed by atoms with Crippen molar-refractivity contribution in [1.82, 2.24) is 0 Å². The molecule has 190 valence electrons. The summed E-state index contributed by atoms with van der Waals surface area (Å²) in [5.41, 5.74) is 0. The van der Waals surface area contributed by atoms with Gasteiger partial charge in [-0.15, -0.1) is 0 Å². The van der Waals surface area contributed by atoms with Crippen LogP contribution in [-0.4, -0.2) is 25.7 Å². The lowest BCUT2D eigenvalue weighted by Gasteiger charge is -2.27. The van der Waals surface area contributed by atoms with Gasteiger partial charge in [-0.2, -0.15) is 0 Å². The molecule has 0 bridgehead atoms. The number of hydrogen-bond acceptors (Lipinski definition) is 2. The zero-order valence-corrected chi connectivity index (χ0v) is 23.9. The number of rotatable bonds is 16. The molecule has 2 nitrogen and oxygen atoms in total. The quantitative estimate of drug-likeness (QED) is 0.150. The van der Waals surface area contributed by atoms with E-state index in [4.69, 9.17) is 9.47 Å². The van der Waals surface area contributed by atoms with Crippen molar-refractivity contribution in [2.24, 2.45) is 0 Å². The van der Waals surface area contributed by atoms with Crippen LogP contribution >= 0.6 is 7.26 Å². The van der Waals surface area contributed by atoms with Gasteiger partial charge in [0.15, 0.2) is 6.29 Å². The topological polar surface area (TPSA) is 18.5 Å². The molecule has 0 aliphatic rings. The first-order chi connectivity index (χ1) is 16.8. The van der Waals surface area contributed by atoms with Crippen molar-refractivity contribution in [2.45, 2.75) is 65.1 Å². The fraction of sp³-hybridized carbons (Fsp3) is 0.419. The van der Waals surface area contributed by atoms with Crippen LogP contribution < -0.4 is 32.9 Å². The predicted octanol–water partition coefficient (Wildman–Crippen LogP) is 4.11. The van der Waals surface area contributed by atoms with Crippen LogP contribution in [0.25, 0.3) is 0 Å². The van der Waals surface area contributed by atoms with E-state index in [1.165, 1.54) is 60.6 Å². The molecule has 3 rings (SSSR count). The van der Waals surface area contributed by atoms with Crippen molar-refractivity contribution in [3.8, 4) is 0 Å². The van der Waals surface area contributed by atoms with E-state index in [2.05, 4.69) is 91.0 Å². The molecular formula is C31H42BrO2P. The van der Waals surface area contributed by atoms with Gasteiger partial charge in [0.05, 0.1) is 6.16 Å². The minimum Gasteiger partial charge on any atom is -1.00 e. The van der Waals surface area contributed by atoms with Crippen LogP contribution in [0.1, 0.15) is 58.8 Å². The van der Waals surface area contributed by atoms with E-state index in [1.807, 2.05) is 13.8 Å². The summed E-state index contributed by atoms with van der Waals surface area (Å²) in [4.78, 5) is 0. The molecule has 35 heavy (non-hydrogen) atoms. The normalized spacial score (nSPS) is 11.4. The van der Waals surface area contributed by atoms with Gasteiger partial charge in [-0.05, 0) is 75.9 Å². The highest BCUT2D eigenvalue weighted by Gasteiger charge is 2.44. The van der Waals surface area contributed by atoms with Crippen LogP contribution in [0.4, 0.5) is 0 Å². The van der Waals surface area contributed by atoms with E-state index < -0.39 is 7.26 Å². The van der Waals surface area contributed by atoms with Crippen molar-refractivity contribution in [2.75, 3.05) is 19.4 Å². The molecular weight excluding hydrogens is 515 g/mol. The first-order valence-electron chi connectivity index (χ1n) is 13.1. The molecule has 0 amide bonds. The van der Waals surface area contributed by atoms with E-state index in [0.29, 0.717) is 0 Å². The minimum absolute atomic E-state index is 0. The molecule has 0 aromatic heterocycles. The summed E-state index contributed by atoms with van der Waals surface area (Å²) in [7, 11) is -1.68. The highest BCUT2D eigenvalue weighted by Crippen LogP contribution is 2.55. The molecule has 0 atom stereocenters. The summed E-state index contributed by atoms with van der Waals surface area (Å²) >= 11 is 0. The van der Waals surface area contributed by atoms with E-state index in [1.54, 1.807) is 0 Å². The standard InChI is InChI=1S/C31H42O2P.BrH/c1-3-32-31(33-4-2)26-18-7-5-6-8-19-27-34(28-20-12-9-13-21-28,29-22-14-10-15-23-29)30-24-16-11-17-25-30;/h9-17,20-25,31H,3-8,18-19,26-27H2,1-2H3;1H/q+1;/p-1. The van der Waals surface area contributed by atoms with E-state index in [9.17, 15) is 0 Å². The second kappa shape index (κ2) is 17.0. The van der Waals surface area contributed by atoms with Crippen LogP contribution in [-0.2, 0) is 9.47 Å². The van der Waals surface area contributed by atoms with Crippen LogP contribution in [0.3, 0.4) is 0 Å². The maximum atomic E-state index is 5.67. The molecule has 0 unspecified atom stereocenters. The maximum absolute atomic E-state index is 5.67. The molecule has 0 saturated carbocycles. The lowest BCUT2D eigenvalue weighted by atomic mass is 10.1. The SMILES string of the molecule is CCOC(CCCCCCCC[P+](c1ccccc1)(c1ccccc1)c1ccccc1)OCC.[Br-]. The third kappa shape index (κ3) is 8.83. The zero-order valence-electron chi connectivity index (χ0n) is 21.5. The number of hydrogen-bond donors (Lipinski definition) is 0. The first kappa shape index (κ1) is 29.7. The summed E-state index contributed by atoms with van der Waals surface area (Å²) in [6.45, 7) is 5.52. The number of halogens is 1. The molecule has 0 saturated heterocycles. The van der Waals surface area contributed by atoms with Crippen LogP contribution in [0.2, 0.25) is 0 Å². The number of benzene rings is 3. The summed E-state index contributed by atoms with van der Waals surface area (Å²) in [5.74, 6) is 0. The lowest BCUT2D eigenvalue weighted by Crippen LogP contribution is -3.00. The monoisotopic (exact) mass is 556 g/mol. The third-order valence-electron chi connectivity index (χ3n) is 6.48. The number of ether oxygens (including phenoxy) is 2. The van der Waals surface area contributed by atoms with Crippen LogP contribution in [0, 0.1) is 0 Å². The van der Waals surface area contributed by atoms with Crippen LogP contribution in [0.15, 0.2) is 91.0 Å². The molecule has 0 N–H and O–H groups in total. The third-order valence-corrected chi connectivity index (χ3v) is 11.0. The zero-order chi connectivity index (χ0) is 23.9. The Kier molecular flexibility index (Phi) is 14.5. The fourth-order valence-corrected chi connectivity index (χ4v) is 9.25. The minimum atomic E-state index is -1.68. The average Bonchev–Trinajstić information content (AvgIpc) is 2.90. The molecule has 0 aliphatic heterocycles. The summed E-state index contributed by atoms with van der Waals surface area (Å²) in [6, 6.07) is 33.7. The molecule has 0 spiro atoms. The smallest absolute Gasteiger partial charge is 0.157 e. The first-order valence-corrected chi connectivity index (χ1v) is 15.1. The molecule has 0 aliphatic carbocycles. The second-order valence-corrected chi connectivity index (χ2v) is 12.4. The Hall–Kier alpha value is -1.51. The van der Waals surface area contributed by atoms with Gasteiger partial charge in [0.25, 0.3) is 0 Å². The van der Waals surface area contributed by atoms with Gasteiger partial charge in [-0.3, -0.25) is 0 Å². The molecule has 3 aromatic rings. The molecule has 0 fully saturated rings. The van der Waals surface area contributed by atoms with Gasteiger partial charge in [-0.25, -0.2) is 0 Å². The Morgan fingerprint density at radius 1 is 0.543 bits per heavy atom. The van der Waals surface area contributed by atoms with Crippen LogP contribution in [0.5, 0.6) is 0 Å². The molecule has 0 heterocycles. The summed E-state index contributed by atoms with van der Waals surface area (Å²) < 4.78 is 11.3. The molecule has 0 radical (unpaired) electrons. The van der Waals surface area contributed by atoms with Gasteiger partial charge in [0.2, 0.25) is 0 Å². The van der Waals surface area contributed by atoms with Gasteiger partial charge < -0.3 is 26.5 Å². The highest BCUT2D eigenvalue weighted by molar-refractivity contribution is 7.95.